The van der Waals surface area contributed by atoms with Gasteiger partial charge >= 0.3 is 0 Å². The first-order chi connectivity index (χ1) is 8.65. The minimum atomic E-state index is -0.927. The Morgan fingerprint density at radius 1 is 1.44 bits per heavy atom. The average Bonchev–Trinajstić information content (AvgIpc) is 2.80. The highest BCUT2D eigenvalue weighted by Gasteiger charge is 2.25. The Morgan fingerprint density at radius 2 is 2.17 bits per heavy atom. The molecule has 0 amide bonds. The summed E-state index contributed by atoms with van der Waals surface area (Å²) in [5, 5.41) is 0. The van der Waals surface area contributed by atoms with Crippen LogP contribution in [-0.2, 0) is 11.3 Å². The molecule has 0 radical (unpaired) electrons. The van der Waals surface area contributed by atoms with E-state index in [1.807, 2.05) is 4.90 Å². The van der Waals surface area contributed by atoms with Crippen molar-refractivity contribution in [2.24, 2.45) is 0 Å². The average molecular weight is 255 g/mol. The summed E-state index contributed by atoms with van der Waals surface area (Å²) in [6.45, 7) is 1.18. The van der Waals surface area contributed by atoms with E-state index in [4.69, 9.17) is 4.74 Å². The van der Waals surface area contributed by atoms with Crippen LogP contribution in [0.25, 0.3) is 0 Å². The van der Waals surface area contributed by atoms with Crippen LogP contribution in [0.15, 0.2) is 12.1 Å². The molecule has 1 aliphatic rings. The molecule has 2 rings (SSSR count). The molecule has 0 aromatic heterocycles. The second-order valence-electron chi connectivity index (χ2n) is 4.39. The van der Waals surface area contributed by atoms with Gasteiger partial charge in [0, 0.05) is 18.2 Å². The lowest BCUT2D eigenvalue weighted by Gasteiger charge is -2.21. The molecule has 1 saturated heterocycles. The molecule has 5 heteroatoms. The molecule has 1 aromatic rings. The van der Waals surface area contributed by atoms with Gasteiger partial charge in [0.25, 0.3) is 0 Å². The molecular formula is C13H15F2NO2. The monoisotopic (exact) mass is 255 g/mol. The van der Waals surface area contributed by atoms with Gasteiger partial charge in [-0.3, -0.25) is 4.90 Å². The summed E-state index contributed by atoms with van der Waals surface area (Å²) >= 11 is 0. The lowest BCUT2D eigenvalue weighted by atomic mass is 10.1. The van der Waals surface area contributed by atoms with Gasteiger partial charge in [0.05, 0.1) is 13.2 Å². The van der Waals surface area contributed by atoms with Crippen LogP contribution in [0.1, 0.15) is 18.4 Å². The quantitative estimate of drug-likeness (QED) is 0.772. The van der Waals surface area contributed by atoms with E-state index in [1.54, 1.807) is 0 Å². The Balaban J connectivity index is 2.22. The fourth-order valence-corrected chi connectivity index (χ4v) is 2.30. The Hall–Kier alpha value is -1.49. The highest BCUT2D eigenvalue weighted by molar-refractivity contribution is 5.58. The summed E-state index contributed by atoms with van der Waals surface area (Å²) in [6, 6.07) is 2.04. The van der Waals surface area contributed by atoms with E-state index in [2.05, 4.69) is 0 Å². The minimum absolute atomic E-state index is 0.136. The highest BCUT2D eigenvalue weighted by atomic mass is 19.2. The van der Waals surface area contributed by atoms with Crippen LogP contribution >= 0.6 is 0 Å². The largest absolute Gasteiger partial charge is 0.496 e. The predicted molar refractivity (Wildman–Crippen MR) is 62.4 cm³/mol. The predicted octanol–water partition coefficient (Wildman–Crippen LogP) is 2.14. The van der Waals surface area contributed by atoms with Crippen molar-refractivity contribution in [1.82, 2.24) is 4.90 Å². The molecule has 1 fully saturated rings. The number of methoxy groups -OCH3 is 1. The molecule has 1 atom stereocenters. The standard InChI is InChI=1S/C13H15F2NO2/c1-18-13-6-12(15)11(14)5-9(13)7-16-4-2-3-10(16)8-17/h5-6,8,10H,2-4,7H2,1H3. The topological polar surface area (TPSA) is 29.5 Å². The molecule has 18 heavy (non-hydrogen) atoms. The fourth-order valence-electron chi connectivity index (χ4n) is 2.30. The van der Waals surface area contributed by atoms with Crippen LogP contribution < -0.4 is 4.74 Å². The second-order valence-corrected chi connectivity index (χ2v) is 4.39. The lowest BCUT2D eigenvalue weighted by Crippen LogP contribution is -2.30. The summed E-state index contributed by atoms with van der Waals surface area (Å²) in [4.78, 5) is 12.8. The zero-order valence-electron chi connectivity index (χ0n) is 10.2. The number of aldehydes is 1. The molecule has 1 heterocycles. The number of likely N-dealkylation sites (tertiary alicyclic amines) is 1. The summed E-state index contributed by atoms with van der Waals surface area (Å²) in [6.07, 6.45) is 2.66. The van der Waals surface area contributed by atoms with E-state index in [1.165, 1.54) is 7.11 Å². The number of nitrogens with zero attached hydrogens (tertiary/aromatic N) is 1. The van der Waals surface area contributed by atoms with Gasteiger partial charge in [0.2, 0.25) is 0 Å². The van der Waals surface area contributed by atoms with Gasteiger partial charge in [-0.25, -0.2) is 8.78 Å². The fraction of sp³-hybridized carbons (Fsp3) is 0.462. The van der Waals surface area contributed by atoms with Gasteiger partial charge in [-0.2, -0.15) is 0 Å². The number of halogens is 2. The van der Waals surface area contributed by atoms with Crippen LogP contribution in [0.2, 0.25) is 0 Å². The molecule has 0 N–H and O–H groups in total. The smallest absolute Gasteiger partial charge is 0.162 e. The van der Waals surface area contributed by atoms with Crippen molar-refractivity contribution >= 4 is 6.29 Å². The molecule has 1 aromatic carbocycles. The van der Waals surface area contributed by atoms with Crippen molar-refractivity contribution in [3.8, 4) is 5.75 Å². The molecule has 0 aliphatic carbocycles. The van der Waals surface area contributed by atoms with Gasteiger partial charge in [0.1, 0.15) is 12.0 Å². The normalized spacial score (nSPS) is 20.1. The van der Waals surface area contributed by atoms with E-state index in [9.17, 15) is 13.6 Å². The third-order valence-electron chi connectivity index (χ3n) is 3.27. The van der Waals surface area contributed by atoms with E-state index < -0.39 is 11.6 Å². The Morgan fingerprint density at radius 3 is 2.83 bits per heavy atom. The highest BCUT2D eigenvalue weighted by Crippen LogP contribution is 2.26. The molecule has 1 unspecified atom stereocenters. The van der Waals surface area contributed by atoms with Crippen molar-refractivity contribution in [3.63, 3.8) is 0 Å². The maximum Gasteiger partial charge on any atom is 0.162 e. The van der Waals surface area contributed by atoms with Crippen molar-refractivity contribution in [1.29, 1.82) is 0 Å². The zero-order valence-corrected chi connectivity index (χ0v) is 10.2. The minimum Gasteiger partial charge on any atom is -0.496 e. The van der Waals surface area contributed by atoms with Crippen molar-refractivity contribution in [2.75, 3.05) is 13.7 Å². The molecule has 98 valence electrons. The van der Waals surface area contributed by atoms with Crippen LogP contribution in [0, 0.1) is 11.6 Å². The number of hydrogen-bond donors (Lipinski definition) is 0. The zero-order chi connectivity index (χ0) is 13.1. The third kappa shape index (κ3) is 2.51. The molecule has 1 aliphatic heterocycles. The van der Waals surface area contributed by atoms with Gasteiger partial charge in [-0.05, 0) is 25.5 Å². The SMILES string of the molecule is COc1cc(F)c(F)cc1CN1CCCC1C=O. The maximum absolute atomic E-state index is 13.2. The summed E-state index contributed by atoms with van der Waals surface area (Å²) in [7, 11) is 1.41. The first-order valence-corrected chi connectivity index (χ1v) is 5.87. The molecule has 0 saturated carbocycles. The molecule has 0 bridgehead atoms. The third-order valence-corrected chi connectivity index (χ3v) is 3.27. The first-order valence-electron chi connectivity index (χ1n) is 5.87. The molecule has 3 nitrogen and oxygen atoms in total. The number of benzene rings is 1. The summed E-state index contributed by atoms with van der Waals surface area (Å²) < 4.78 is 31.3. The second kappa shape index (κ2) is 5.44. The van der Waals surface area contributed by atoms with Crippen molar-refractivity contribution in [2.45, 2.75) is 25.4 Å². The Labute approximate surface area is 104 Å². The van der Waals surface area contributed by atoms with E-state index >= 15 is 0 Å². The van der Waals surface area contributed by atoms with E-state index in [0.29, 0.717) is 17.9 Å². The van der Waals surface area contributed by atoms with Crippen LogP contribution in [0.5, 0.6) is 5.75 Å². The molecular weight excluding hydrogens is 240 g/mol. The van der Waals surface area contributed by atoms with Crippen LogP contribution in [0.4, 0.5) is 8.78 Å². The summed E-state index contributed by atoms with van der Waals surface area (Å²) in [5.74, 6) is -1.51. The van der Waals surface area contributed by atoms with Crippen molar-refractivity contribution in [3.05, 3.63) is 29.3 Å². The van der Waals surface area contributed by atoms with Crippen LogP contribution in [0.3, 0.4) is 0 Å². The van der Waals surface area contributed by atoms with Gasteiger partial charge in [-0.15, -0.1) is 0 Å². The van der Waals surface area contributed by atoms with Crippen LogP contribution in [-0.4, -0.2) is 30.9 Å². The number of ether oxygens (including phenoxy) is 1. The Bertz CT molecular complexity index is 451. The van der Waals surface area contributed by atoms with Crippen molar-refractivity contribution < 1.29 is 18.3 Å². The molecule has 0 spiro atoms. The van der Waals surface area contributed by atoms with Gasteiger partial charge < -0.3 is 9.53 Å². The first kappa shape index (κ1) is 13.0. The number of hydrogen-bond acceptors (Lipinski definition) is 3. The van der Waals surface area contributed by atoms with Gasteiger partial charge in [0.15, 0.2) is 11.6 Å². The van der Waals surface area contributed by atoms with E-state index in [0.717, 1.165) is 37.8 Å². The number of carbonyl (C=O) groups is 1. The Kier molecular flexibility index (Phi) is 3.91. The maximum atomic E-state index is 13.2. The number of rotatable bonds is 4. The van der Waals surface area contributed by atoms with E-state index in [-0.39, 0.29) is 6.04 Å². The van der Waals surface area contributed by atoms with Gasteiger partial charge in [-0.1, -0.05) is 0 Å². The summed E-state index contributed by atoms with van der Waals surface area (Å²) in [5.41, 5.74) is 0.560. The number of carbonyl (C=O) groups excluding carboxylic acids is 1. The lowest BCUT2D eigenvalue weighted by molar-refractivity contribution is -0.111.